The van der Waals surface area contributed by atoms with Crippen LogP contribution in [0.2, 0.25) is 5.02 Å². The number of nitrogens with one attached hydrogen (secondary N) is 2. The van der Waals surface area contributed by atoms with Gasteiger partial charge in [0.2, 0.25) is 0 Å². The van der Waals surface area contributed by atoms with Crippen LogP contribution in [-0.4, -0.2) is 32.1 Å². The number of halogens is 1. The van der Waals surface area contributed by atoms with E-state index in [4.69, 9.17) is 16.3 Å². The van der Waals surface area contributed by atoms with E-state index < -0.39 is 0 Å². The lowest BCUT2D eigenvalue weighted by Gasteiger charge is -2.13. The highest BCUT2D eigenvalue weighted by Gasteiger charge is 2.08. The normalized spacial score (nSPS) is 10.3. The molecule has 1 amide bonds. The van der Waals surface area contributed by atoms with Crippen molar-refractivity contribution >= 4 is 40.4 Å². The number of amides is 1. The second-order valence-electron chi connectivity index (χ2n) is 6.30. The lowest BCUT2D eigenvalue weighted by molar-refractivity contribution is 0.102. The molecule has 0 spiro atoms. The predicted octanol–water partition coefficient (Wildman–Crippen LogP) is 4.81. The number of benzene rings is 2. The molecule has 0 atom stereocenters. The van der Waals surface area contributed by atoms with Crippen molar-refractivity contribution in [1.82, 2.24) is 4.98 Å². The summed E-state index contributed by atoms with van der Waals surface area (Å²) in [6.07, 6.45) is 1.52. The standard InChI is InChI=1S/C21H21ClN4O2/c1-26(2)17-8-5-15(6-9-17)25-21(27)14-4-11-20(23-13-14)24-16-7-10-19(28-3)18(22)12-16/h4-13H,1-3H3,(H,23,24)(H,25,27). The third-order valence-electron chi connectivity index (χ3n) is 4.09. The summed E-state index contributed by atoms with van der Waals surface area (Å²) in [6, 6.07) is 16.4. The average molecular weight is 397 g/mol. The van der Waals surface area contributed by atoms with Crippen LogP contribution >= 0.6 is 11.6 Å². The highest BCUT2D eigenvalue weighted by molar-refractivity contribution is 6.32. The molecule has 2 aromatic carbocycles. The summed E-state index contributed by atoms with van der Waals surface area (Å²) in [7, 11) is 5.50. The van der Waals surface area contributed by atoms with Gasteiger partial charge in [-0.05, 0) is 54.6 Å². The van der Waals surface area contributed by atoms with Gasteiger partial charge in [0.05, 0.1) is 17.7 Å². The van der Waals surface area contributed by atoms with E-state index in [1.807, 2.05) is 49.3 Å². The number of pyridine rings is 1. The monoisotopic (exact) mass is 396 g/mol. The minimum atomic E-state index is -0.218. The van der Waals surface area contributed by atoms with E-state index in [0.717, 1.165) is 17.1 Å². The van der Waals surface area contributed by atoms with Crippen LogP contribution in [0.15, 0.2) is 60.8 Å². The predicted molar refractivity (Wildman–Crippen MR) is 114 cm³/mol. The van der Waals surface area contributed by atoms with Crippen molar-refractivity contribution in [3.63, 3.8) is 0 Å². The molecule has 0 saturated heterocycles. The molecule has 144 valence electrons. The van der Waals surface area contributed by atoms with Crippen molar-refractivity contribution < 1.29 is 9.53 Å². The zero-order valence-corrected chi connectivity index (χ0v) is 16.6. The Morgan fingerprint density at radius 1 is 1.04 bits per heavy atom. The molecule has 0 bridgehead atoms. The molecule has 0 radical (unpaired) electrons. The lowest BCUT2D eigenvalue weighted by atomic mass is 10.2. The summed E-state index contributed by atoms with van der Waals surface area (Å²) in [4.78, 5) is 18.7. The number of carbonyl (C=O) groups is 1. The summed E-state index contributed by atoms with van der Waals surface area (Å²) >= 11 is 6.13. The van der Waals surface area contributed by atoms with Crippen LogP contribution in [0.1, 0.15) is 10.4 Å². The quantitative estimate of drug-likeness (QED) is 0.626. The Kier molecular flexibility index (Phi) is 6.01. The van der Waals surface area contributed by atoms with Gasteiger partial charge in [0.1, 0.15) is 11.6 Å². The second kappa shape index (κ2) is 8.63. The van der Waals surface area contributed by atoms with Crippen LogP contribution in [0.25, 0.3) is 0 Å². The smallest absolute Gasteiger partial charge is 0.257 e. The molecule has 6 nitrogen and oxygen atoms in total. The maximum atomic E-state index is 12.4. The van der Waals surface area contributed by atoms with Gasteiger partial charge in [0.15, 0.2) is 0 Å². The minimum absolute atomic E-state index is 0.218. The Hall–Kier alpha value is -3.25. The van der Waals surface area contributed by atoms with Crippen molar-refractivity contribution in [3.8, 4) is 5.75 Å². The highest BCUT2D eigenvalue weighted by Crippen LogP contribution is 2.28. The molecule has 0 unspecified atom stereocenters. The molecule has 0 saturated carbocycles. The number of carbonyl (C=O) groups excluding carboxylic acids is 1. The maximum Gasteiger partial charge on any atom is 0.257 e. The molecule has 0 aliphatic carbocycles. The molecule has 0 aliphatic rings. The van der Waals surface area contributed by atoms with Gasteiger partial charge in [-0.25, -0.2) is 4.98 Å². The van der Waals surface area contributed by atoms with E-state index in [-0.39, 0.29) is 5.91 Å². The topological polar surface area (TPSA) is 66.5 Å². The van der Waals surface area contributed by atoms with E-state index >= 15 is 0 Å². The molecule has 1 heterocycles. The van der Waals surface area contributed by atoms with E-state index in [1.54, 1.807) is 31.4 Å². The Morgan fingerprint density at radius 3 is 2.32 bits per heavy atom. The Bertz CT molecular complexity index is 957. The number of ether oxygens (including phenoxy) is 1. The van der Waals surface area contributed by atoms with Crippen LogP contribution in [0.3, 0.4) is 0 Å². The van der Waals surface area contributed by atoms with Gasteiger partial charge in [-0.3, -0.25) is 4.79 Å². The fourth-order valence-electron chi connectivity index (χ4n) is 2.54. The Balaban J connectivity index is 1.64. The molecule has 0 fully saturated rings. The number of hydrogen-bond acceptors (Lipinski definition) is 5. The molecule has 2 N–H and O–H groups in total. The Morgan fingerprint density at radius 2 is 1.75 bits per heavy atom. The van der Waals surface area contributed by atoms with Gasteiger partial charge in [-0.1, -0.05) is 11.6 Å². The zero-order valence-electron chi connectivity index (χ0n) is 15.9. The van der Waals surface area contributed by atoms with Gasteiger partial charge < -0.3 is 20.3 Å². The third-order valence-corrected chi connectivity index (χ3v) is 4.39. The van der Waals surface area contributed by atoms with Crippen LogP contribution in [0.4, 0.5) is 22.9 Å². The second-order valence-corrected chi connectivity index (χ2v) is 6.71. The van der Waals surface area contributed by atoms with Crippen molar-refractivity contribution in [1.29, 1.82) is 0 Å². The number of anilines is 4. The van der Waals surface area contributed by atoms with Gasteiger partial charge in [0, 0.05) is 37.4 Å². The van der Waals surface area contributed by atoms with Gasteiger partial charge in [-0.2, -0.15) is 0 Å². The summed E-state index contributed by atoms with van der Waals surface area (Å²) in [6.45, 7) is 0. The van der Waals surface area contributed by atoms with Crippen LogP contribution < -0.4 is 20.3 Å². The first-order valence-corrected chi connectivity index (χ1v) is 8.99. The zero-order chi connectivity index (χ0) is 20.1. The highest BCUT2D eigenvalue weighted by atomic mass is 35.5. The summed E-state index contributed by atoms with van der Waals surface area (Å²) in [5.41, 5.74) is 3.03. The number of nitrogens with zero attached hydrogens (tertiary/aromatic N) is 2. The molecule has 1 aromatic heterocycles. The molecule has 3 rings (SSSR count). The minimum Gasteiger partial charge on any atom is -0.495 e. The van der Waals surface area contributed by atoms with Crippen molar-refractivity contribution in [2.45, 2.75) is 0 Å². The Labute approximate surface area is 169 Å². The third kappa shape index (κ3) is 4.72. The molecule has 0 aliphatic heterocycles. The SMILES string of the molecule is COc1ccc(Nc2ccc(C(=O)Nc3ccc(N(C)C)cc3)cn2)cc1Cl. The van der Waals surface area contributed by atoms with Crippen molar-refractivity contribution in [2.24, 2.45) is 0 Å². The van der Waals surface area contributed by atoms with Crippen LogP contribution in [-0.2, 0) is 0 Å². The average Bonchev–Trinajstić information content (AvgIpc) is 2.69. The summed E-state index contributed by atoms with van der Waals surface area (Å²) in [5.74, 6) is 0.989. The first kappa shape index (κ1) is 19.5. The van der Waals surface area contributed by atoms with Crippen LogP contribution in [0, 0.1) is 0 Å². The van der Waals surface area contributed by atoms with Crippen LogP contribution in [0.5, 0.6) is 5.75 Å². The van der Waals surface area contributed by atoms with E-state index in [9.17, 15) is 4.79 Å². The number of aromatic nitrogens is 1. The molecular formula is C21H21ClN4O2. The number of rotatable bonds is 6. The number of methoxy groups -OCH3 is 1. The molecule has 28 heavy (non-hydrogen) atoms. The van der Waals surface area contributed by atoms with Gasteiger partial charge in [0.25, 0.3) is 5.91 Å². The summed E-state index contributed by atoms with van der Waals surface area (Å²) in [5, 5.41) is 6.51. The van der Waals surface area contributed by atoms with E-state index in [0.29, 0.717) is 22.2 Å². The molecule has 3 aromatic rings. The summed E-state index contributed by atoms with van der Waals surface area (Å²) < 4.78 is 5.14. The largest absolute Gasteiger partial charge is 0.495 e. The fraction of sp³-hybridized carbons (Fsp3) is 0.143. The molecular weight excluding hydrogens is 376 g/mol. The fourth-order valence-corrected chi connectivity index (χ4v) is 2.80. The van der Waals surface area contributed by atoms with Gasteiger partial charge in [-0.15, -0.1) is 0 Å². The van der Waals surface area contributed by atoms with Gasteiger partial charge >= 0.3 is 0 Å². The van der Waals surface area contributed by atoms with E-state index in [2.05, 4.69) is 15.6 Å². The maximum absolute atomic E-state index is 12.4. The lowest BCUT2D eigenvalue weighted by Crippen LogP contribution is -2.13. The van der Waals surface area contributed by atoms with Crippen molar-refractivity contribution in [3.05, 3.63) is 71.4 Å². The van der Waals surface area contributed by atoms with E-state index in [1.165, 1.54) is 6.20 Å². The number of hydrogen-bond donors (Lipinski definition) is 2. The molecule has 7 heteroatoms. The first-order valence-electron chi connectivity index (χ1n) is 8.61. The first-order chi connectivity index (χ1) is 13.5. The van der Waals surface area contributed by atoms with Crippen molar-refractivity contribution in [2.75, 3.05) is 36.7 Å².